The van der Waals surface area contributed by atoms with Crippen molar-refractivity contribution in [2.24, 2.45) is 0 Å². The number of nitrogens with zero attached hydrogens (tertiary/aromatic N) is 3. The number of carbonyl (C=O) groups excluding carboxylic acids is 2. The number of benzene rings is 2. The van der Waals surface area contributed by atoms with Gasteiger partial charge in [0.25, 0.3) is 0 Å². The fraction of sp³-hybridized carbons (Fsp3) is 0.238. The summed E-state index contributed by atoms with van der Waals surface area (Å²) in [5.74, 6) is 0.996. The Morgan fingerprint density at radius 1 is 1.06 bits per heavy atom. The number of nitrogens with one attached hydrogen (secondary N) is 2. The number of amides is 3. The second kappa shape index (κ2) is 9.05. The second-order valence-electron chi connectivity index (χ2n) is 7.38. The van der Waals surface area contributed by atoms with Crippen LogP contribution in [-0.2, 0) is 4.79 Å². The van der Waals surface area contributed by atoms with Gasteiger partial charge < -0.3 is 19.7 Å². The lowest BCUT2D eigenvalue weighted by molar-refractivity contribution is -0.119. The number of carbonyl (C=O) groups is 2. The average molecular weight is 506 g/mol. The van der Waals surface area contributed by atoms with Gasteiger partial charge in [0, 0.05) is 17.1 Å². The first-order valence-corrected chi connectivity index (χ1v) is 11.6. The summed E-state index contributed by atoms with van der Waals surface area (Å²) in [4.78, 5) is 27.2. The minimum absolute atomic E-state index is 0.186. The van der Waals surface area contributed by atoms with Crippen molar-refractivity contribution in [1.82, 2.24) is 15.1 Å². The van der Waals surface area contributed by atoms with Crippen molar-refractivity contribution in [2.75, 3.05) is 24.0 Å². The number of aromatic nitrogens is 2. The quantitative estimate of drug-likeness (QED) is 0.523. The highest BCUT2D eigenvalue weighted by Crippen LogP contribution is 2.37. The summed E-state index contributed by atoms with van der Waals surface area (Å²) in [6, 6.07) is 9.23. The maximum absolute atomic E-state index is 12.9. The molecule has 0 spiro atoms. The van der Waals surface area contributed by atoms with Gasteiger partial charge in [-0.3, -0.25) is 10.1 Å². The summed E-state index contributed by atoms with van der Waals surface area (Å²) in [5.41, 5.74) is 1.23. The SMILES string of the molecule is O=C(Nc1nnc(-c2ccc3c(c2)OCO3)s1)[C@H]1CCCN1C(=O)Nc1ccc(Cl)cc1Cl. The van der Waals surface area contributed by atoms with Crippen LogP contribution in [0.15, 0.2) is 36.4 Å². The summed E-state index contributed by atoms with van der Waals surface area (Å²) >= 11 is 13.3. The summed E-state index contributed by atoms with van der Waals surface area (Å²) in [6.45, 7) is 0.638. The lowest BCUT2D eigenvalue weighted by atomic mass is 10.2. The van der Waals surface area contributed by atoms with Crippen LogP contribution in [0.3, 0.4) is 0 Å². The zero-order valence-electron chi connectivity index (χ0n) is 17.0. The molecule has 3 heterocycles. The van der Waals surface area contributed by atoms with Crippen LogP contribution in [0.25, 0.3) is 10.6 Å². The van der Waals surface area contributed by atoms with Crippen molar-refractivity contribution in [3.05, 3.63) is 46.4 Å². The average Bonchev–Trinajstić information content (AvgIpc) is 3.55. The Morgan fingerprint density at radius 2 is 1.91 bits per heavy atom. The first-order chi connectivity index (χ1) is 16.0. The highest BCUT2D eigenvalue weighted by molar-refractivity contribution is 7.18. The normalized spacial score (nSPS) is 16.7. The molecule has 0 aliphatic carbocycles. The second-order valence-corrected chi connectivity index (χ2v) is 9.20. The summed E-state index contributed by atoms with van der Waals surface area (Å²) in [7, 11) is 0. The van der Waals surface area contributed by atoms with Gasteiger partial charge >= 0.3 is 6.03 Å². The Labute approximate surface area is 202 Å². The molecule has 12 heteroatoms. The van der Waals surface area contributed by atoms with E-state index in [2.05, 4.69) is 20.8 Å². The van der Waals surface area contributed by atoms with Crippen LogP contribution >= 0.6 is 34.5 Å². The van der Waals surface area contributed by atoms with E-state index in [0.717, 1.165) is 5.56 Å². The topological polar surface area (TPSA) is 106 Å². The van der Waals surface area contributed by atoms with Crippen LogP contribution in [0, 0.1) is 0 Å². The van der Waals surface area contributed by atoms with Gasteiger partial charge in [0.2, 0.25) is 17.8 Å². The van der Waals surface area contributed by atoms with Crippen molar-refractivity contribution in [2.45, 2.75) is 18.9 Å². The van der Waals surface area contributed by atoms with Gasteiger partial charge in [0.05, 0.1) is 10.7 Å². The van der Waals surface area contributed by atoms with Crippen molar-refractivity contribution in [3.63, 3.8) is 0 Å². The molecule has 3 aromatic rings. The van der Waals surface area contributed by atoms with Crippen molar-refractivity contribution in [3.8, 4) is 22.1 Å². The lowest BCUT2D eigenvalue weighted by Gasteiger charge is -2.24. The molecule has 1 aromatic heterocycles. The number of anilines is 2. The summed E-state index contributed by atoms with van der Waals surface area (Å²) in [6.07, 6.45) is 1.25. The largest absolute Gasteiger partial charge is 0.454 e. The Bertz CT molecular complexity index is 1240. The number of halogens is 2. The molecule has 2 aliphatic heterocycles. The molecule has 5 rings (SSSR count). The number of rotatable bonds is 4. The van der Waals surface area contributed by atoms with Gasteiger partial charge in [0.15, 0.2) is 11.5 Å². The third-order valence-electron chi connectivity index (χ3n) is 5.26. The van der Waals surface area contributed by atoms with Crippen molar-refractivity contribution >= 4 is 57.3 Å². The predicted octanol–water partition coefficient (Wildman–Crippen LogP) is 4.88. The van der Waals surface area contributed by atoms with Crippen LogP contribution in [0.2, 0.25) is 10.0 Å². The molecule has 33 heavy (non-hydrogen) atoms. The van der Waals surface area contributed by atoms with Gasteiger partial charge in [-0.2, -0.15) is 0 Å². The van der Waals surface area contributed by atoms with Crippen molar-refractivity contribution in [1.29, 1.82) is 0 Å². The van der Waals surface area contributed by atoms with E-state index in [1.807, 2.05) is 12.1 Å². The maximum Gasteiger partial charge on any atom is 0.322 e. The van der Waals surface area contributed by atoms with E-state index in [1.165, 1.54) is 16.2 Å². The monoisotopic (exact) mass is 505 g/mol. The fourth-order valence-corrected chi connectivity index (χ4v) is 4.87. The zero-order chi connectivity index (χ0) is 22.9. The van der Waals surface area contributed by atoms with E-state index >= 15 is 0 Å². The van der Waals surface area contributed by atoms with Crippen LogP contribution in [-0.4, -0.2) is 46.4 Å². The zero-order valence-corrected chi connectivity index (χ0v) is 19.3. The van der Waals surface area contributed by atoms with E-state index < -0.39 is 12.1 Å². The third kappa shape index (κ3) is 4.54. The molecule has 1 fully saturated rings. The van der Waals surface area contributed by atoms with Gasteiger partial charge in [-0.25, -0.2) is 4.79 Å². The maximum atomic E-state index is 12.9. The molecule has 1 atom stereocenters. The van der Waals surface area contributed by atoms with E-state index in [-0.39, 0.29) is 12.7 Å². The molecule has 2 N–H and O–H groups in total. The third-order valence-corrected chi connectivity index (χ3v) is 6.70. The Balaban J connectivity index is 1.25. The first kappa shape index (κ1) is 21.7. The highest BCUT2D eigenvalue weighted by atomic mass is 35.5. The van der Waals surface area contributed by atoms with Crippen LogP contribution in [0.4, 0.5) is 15.6 Å². The number of ether oxygens (including phenoxy) is 2. The molecule has 2 aliphatic rings. The number of hydrogen-bond acceptors (Lipinski definition) is 7. The molecule has 2 aromatic carbocycles. The smallest absolute Gasteiger partial charge is 0.322 e. The molecule has 0 saturated carbocycles. The number of likely N-dealkylation sites (tertiary alicyclic amines) is 1. The van der Waals surface area contributed by atoms with E-state index in [0.29, 0.717) is 56.8 Å². The standard InChI is InChI=1S/C21H17Cl2N5O4S/c22-12-4-5-14(13(23)9-12)24-21(30)28-7-1-2-15(28)18(29)25-20-27-26-19(33-20)11-3-6-16-17(8-11)32-10-31-16/h3-6,8-9,15H,1-2,7,10H2,(H,24,30)(H,25,27,29)/t15-/m1/s1. The highest BCUT2D eigenvalue weighted by Gasteiger charge is 2.35. The number of urea groups is 1. The molecule has 0 unspecified atom stereocenters. The Morgan fingerprint density at radius 3 is 2.76 bits per heavy atom. The van der Waals surface area contributed by atoms with Gasteiger partial charge in [0.1, 0.15) is 11.0 Å². The van der Waals surface area contributed by atoms with Crippen LogP contribution in [0.5, 0.6) is 11.5 Å². The number of fused-ring (bicyclic) bond motifs is 1. The minimum atomic E-state index is -0.631. The van der Waals surface area contributed by atoms with Crippen LogP contribution in [0.1, 0.15) is 12.8 Å². The molecule has 0 bridgehead atoms. The molecular formula is C21H17Cl2N5O4S. The molecule has 3 amide bonds. The van der Waals surface area contributed by atoms with Crippen molar-refractivity contribution < 1.29 is 19.1 Å². The number of hydrogen-bond donors (Lipinski definition) is 2. The molecule has 9 nitrogen and oxygen atoms in total. The van der Waals surface area contributed by atoms with E-state index in [1.54, 1.807) is 24.3 Å². The van der Waals surface area contributed by atoms with E-state index in [9.17, 15) is 9.59 Å². The molecule has 0 radical (unpaired) electrons. The molecular weight excluding hydrogens is 489 g/mol. The Hall–Kier alpha value is -3.08. The van der Waals surface area contributed by atoms with Crippen LogP contribution < -0.4 is 20.1 Å². The molecule has 170 valence electrons. The van der Waals surface area contributed by atoms with Gasteiger partial charge in [-0.15, -0.1) is 10.2 Å². The minimum Gasteiger partial charge on any atom is -0.454 e. The summed E-state index contributed by atoms with van der Waals surface area (Å²) in [5, 5.41) is 15.5. The van der Waals surface area contributed by atoms with E-state index in [4.69, 9.17) is 32.7 Å². The lowest BCUT2D eigenvalue weighted by Crippen LogP contribution is -2.45. The summed E-state index contributed by atoms with van der Waals surface area (Å²) < 4.78 is 10.7. The molecule has 1 saturated heterocycles. The Kier molecular flexibility index (Phi) is 5.96. The predicted molar refractivity (Wildman–Crippen MR) is 125 cm³/mol. The fourth-order valence-electron chi connectivity index (χ4n) is 3.67. The first-order valence-electron chi connectivity index (χ1n) is 10.0. The van der Waals surface area contributed by atoms with Gasteiger partial charge in [-0.1, -0.05) is 34.5 Å². The van der Waals surface area contributed by atoms with Gasteiger partial charge in [-0.05, 0) is 49.2 Å².